The molecule has 2 aromatic rings. The molecule has 0 amide bonds. The Hall–Kier alpha value is -1.39. The van der Waals surface area contributed by atoms with E-state index >= 15 is 0 Å². The minimum atomic E-state index is 0.413. The van der Waals surface area contributed by atoms with Gasteiger partial charge in [0.2, 0.25) is 0 Å². The highest BCUT2D eigenvalue weighted by Gasteiger charge is 2.03. The lowest BCUT2D eigenvalue weighted by atomic mass is 10.1. The Labute approximate surface area is 126 Å². The summed E-state index contributed by atoms with van der Waals surface area (Å²) in [5.41, 5.74) is 8.67. The molecule has 0 heterocycles. The van der Waals surface area contributed by atoms with E-state index in [1.54, 1.807) is 0 Å². The number of thiocarbonyl (C=S) groups is 1. The van der Waals surface area contributed by atoms with E-state index in [2.05, 4.69) is 15.9 Å². The quantitative estimate of drug-likeness (QED) is 0.858. The third-order valence-electron chi connectivity index (χ3n) is 2.76. The van der Waals surface area contributed by atoms with Crippen molar-refractivity contribution in [3.05, 3.63) is 63.6 Å². The minimum absolute atomic E-state index is 0.413. The summed E-state index contributed by atoms with van der Waals surface area (Å²) in [5.74, 6) is 0.817. The van der Waals surface area contributed by atoms with E-state index in [4.69, 9.17) is 22.7 Å². The zero-order valence-electron chi connectivity index (χ0n) is 10.5. The van der Waals surface area contributed by atoms with Crippen LogP contribution in [0.25, 0.3) is 0 Å². The lowest BCUT2D eigenvalue weighted by molar-refractivity contribution is 0.306. The predicted molar refractivity (Wildman–Crippen MR) is 85.5 cm³/mol. The molecule has 0 aromatic heterocycles. The Balaban J connectivity index is 2.08. The van der Waals surface area contributed by atoms with Crippen LogP contribution in [0.1, 0.15) is 16.7 Å². The van der Waals surface area contributed by atoms with Gasteiger partial charge < -0.3 is 10.5 Å². The molecule has 98 valence electrons. The Morgan fingerprint density at radius 2 is 2.05 bits per heavy atom. The second-order valence-corrected chi connectivity index (χ2v) is 5.62. The fraction of sp³-hybridized carbons (Fsp3) is 0.133. The van der Waals surface area contributed by atoms with Crippen LogP contribution in [0.4, 0.5) is 0 Å². The molecule has 0 radical (unpaired) electrons. The van der Waals surface area contributed by atoms with Gasteiger partial charge in [-0.2, -0.15) is 0 Å². The van der Waals surface area contributed by atoms with Crippen LogP contribution < -0.4 is 10.5 Å². The Kier molecular flexibility index (Phi) is 4.56. The topological polar surface area (TPSA) is 35.2 Å². The van der Waals surface area contributed by atoms with Gasteiger partial charge in [-0.3, -0.25) is 0 Å². The number of halogens is 1. The van der Waals surface area contributed by atoms with Crippen LogP contribution in [0.2, 0.25) is 0 Å². The van der Waals surface area contributed by atoms with Crippen LogP contribution in [0.5, 0.6) is 5.75 Å². The first-order valence-electron chi connectivity index (χ1n) is 5.84. The molecule has 2 nitrogen and oxygen atoms in total. The maximum atomic E-state index is 5.76. The molecule has 19 heavy (non-hydrogen) atoms. The fourth-order valence-corrected chi connectivity index (χ4v) is 2.47. The molecule has 0 unspecified atom stereocenters. The first-order chi connectivity index (χ1) is 9.06. The van der Waals surface area contributed by atoms with E-state index in [0.29, 0.717) is 11.6 Å². The number of rotatable bonds is 4. The molecule has 0 fully saturated rings. The first-order valence-corrected chi connectivity index (χ1v) is 7.04. The standard InChI is InChI=1S/C15H14BrNOS/c1-10-7-13(5-6-14(10)15(17)19)18-9-11-3-2-4-12(16)8-11/h2-8H,9H2,1H3,(H2,17,19). The number of hydrogen-bond donors (Lipinski definition) is 1. The van der Waals surface area contributed by atoms with Crippen molar-refractivity contribution in [1.29, 1.82) is 0 Å². The number of ether oxygens (including phenoxy) is 1. The average molecular weight is 336 g/mol. The van der Waals surface area contributed by atoms with Crippen LogP contribution in [0.15, 0.2) is 46.9 Å². The summed E-state index contributed by atoms with van der Waals surface area (Å²) in [4.78, 5) is 0.413. The lowest BCUT2D eigenvalue weighted by Gasteiger charge is -2.09. The van der Waals surface area contributed by atoms with Crippen molar-refractivity contribution < 1.29 is 4.74 Å². The molecular weight excluding hydrogens is 322 g/mol. The fourth-order valence-electron chi connectivity index (χ4n) is 1.80. The molecular formula is C15H14BrNOS. The molecule has 2 N–H and O–H groups in total. The molecule has 2 aromatic carbocycles. The maximum Gasteiger partial charge on any atom is 0.120 e. The van der Waals surface area contributed by atoms with Crippen molar-refractivity contribution in [2.45, 2.75) is 13.5 Å². The number of benzene rings is 2. The predicted octanol–water partition coefficient (Wildman–Crippen LogP) is 3.97. The van der Waals surface area contributed by atoms with Crippen molar-refractivity contribution in [1.82, 2.24) is 0 Å². The molecule has 0 spiro atoms. The molecule has 4 heteroatoms. The van der Waals surface area contributed by atoms with Gasteiger partial charge >= 0.3 is 0 Å². The molecule has 0 aliphatic heterocycles. The van der Waals surface area contributed by atoms with Gasteiger partial charge in [-0.05, 0) is 48.4 Å². The summed E-state index contributed by atoms with van der Waals surface area (Å²) in [6, 6.07) is 13.8. The second kappa shape index (κ2) is 6.17. The van der Waals surface area contributed by atoms with Gasteiger partial charge in [-0.25, -0.2) is 0 Å². The minimum Gasteiger partial charge on any atom is -0.489 e. The molecule has 0 aliphatic carbocycles. The molecule has 0 saturated carbocycles. The zero-order chi connectivity index (χ0) is 13.8. The summed E-state index contributed by atoms with van der Waals surface area (Å²) in [6.45, 7) is 2.51. The smallest absolute Gasteiger partial charge is 0.120 e. The summed E-state index contributed by atoms with van der Waals surface area (Å²) in [5, 5.41) is 0. The zero-order valence-corrected chi connectivity index (χ0v) is 12.9. The van der Waals surface area contributed by atoms with E-state index in [-0.39, 0.29) is 0 Å². The maximum absolute atomic E-state index is 5.76. The first kappa shape index (κ1) is 14.0. The molecule has 0 aliphatic rings. The van der Waals surface area contributed by atoms with E-state index < -0.39 is 0 Å². The summed E-state index contributed by atoms with van der Waals surface area (Å²) >= 11 is 8.42. The number of nitrogens with two attached hydrogens (primary N) is 1. The van der Waals surface area contributed by atoms with Gasteiger partial charge in [-0.1, -0.05) is 40.3 Å². The van der Waals surface area contributed by atoms with Gasteiger partial charge in [-0.15, -0.1) is 0 Å². The van der Waals surface area contributed by atoms with Gasteiger partial charge in [0.25, 0.3) is 0 Å². The number of hydrogen-bond acceptors (Lipinski definition) is 2. The Morgan fingerprint density at radius 3 is 2.68 bits per heavy atom. The summed E-state index contributed by atoms with van der Waals surface area (Å²) < 4.78 is 6.81. The summed E-state index contributed by atoms with van der Waals surface area (Å²) in [6.07, 6.45) is 0. The van der Waals surface area contributed by atoms with Crippen molar-refractivity contribution in [2.24, 2.45) is 5.73 Å². The lowest BCUT2D eigenvalue weighted by Crippen LogP contribution is -2.11. The Bertz CT molecular complexity index is 613. The van der Waals surface area contributed by atoms with E-state index in [9.17, 15) is 0 Å². The molecule has 2 rings (SSSR count). The van der Waals surface area contributed by atoms with Crippen LogP contribution >= 0.6 is 28.1 Å². The Morgan fingerprint density at radius 1 is 1.26 bits per heavy atom. The van der Waals surface area contributed by atoms with Gasteiger partial charge in [0.05, 0.1) is 0 Å². The van der Waals surface area contributed by atoms with Crippen LogP contribution in [0.3, 0.4) is 0 Å². The average Bonchev–Trinajstić information content (AvgIpc) is 2.36. The van der Waals surface area contributed by atoms with Crippen LogP contribution in [0, 0.1) is 6.92 Å². The third-order valence-corrected chi connectivity index (χ3v) is 3.47. The van der Waals surface area contributed by atoms with Crippen LogP contribution in [-0.2, 0) is 6.61 Å². The SMILES string of the molecule is Cc1cc(OCc2cccc(Br)c2)ccc1C(N)=S. The summed E-state index contributed by atoms with van der Waals surface area (Å²) in [7, 11) is 0. The van der Waals surface area contributed by atoms with Gasteiger partial charge in [0.15, 0.2) is 0 Å². The van der Waals surface area contributed by atoms with Crippen molar-refractivity contribution in [2.75, 3.05) is 0 Å². The van der Waals surface area contributed by atoms with Crippen LogP contribution in [-0.4, -0.2) is 4.99 Å². The molecule has 0 saturated heterocycles. The number of aryl methyl sites for hydroxylation is 1. The van der Waals surface area contributed by atoms with E-state index in [0.717, 1.165) is 26.9 Å². The third kappa shape index (κ3) is 3.78. The molecule has 0 atom stereocenters. The van der Waals surface area contributed by atoms with Gasteiger partial charge in [0.1, 0.15) is 17.3 Å². The van der Waals surface area contributed by atoms with Crippen molar-refractivity contribution in [3.63, 3.8) is 0 Å². The normalized spacial score (nSPS) is 10.2. The highest BCUT2D eigenvalue weighted by atomic mass is 79.9. The monoisotopic (exact) mass is 335 g/mol. The van der Waals surface area contributed by atoms with Crippen molar-refractivity contribution in [3.8, 4) is 5.75 Å². The highest BCUT2D eigenvalue weighted by molar-refractivity contribution is 9.10. The van der Waals surface area contributed by atoms with E-state index in [1.165, 1.54) is 0 Å². The van der Waals surface area contributed by atoms with Gasteiger partial charge in [0, 0.05) is 10.0 Å². The second-order valence-electron chi connectivity index (χ2n) is 4.26. The van der Waals surface area contributed by atoms with Crippen molar-refractivity contribution >= 4 is 33.1 Å². The molecule has 0 bridgehead atoms. The highest BCUT2D eigenvalue weighted by Crippen LogP contribution is 2.19. The largest absolute Gasteiger partial charge is 0.489 e. The van der Waals surface area contributed by atoms with E-state index in [1.807, 2.05) is 49.4 Å².